The number of aryl methyl sites for hydroxylation is 2. The van der Waals surface area contributed by atoms with Crippen molar-refractivity contribution in [1.29, 1.82) is 0 Å². The van der Waals surface area contributed by atoms with E-state index in [4.69, 9.17) is 0 Å². The zero-order valence-electron chi connectivity index (χ0n) is 13.5. The second-order valence-corrected chi connectivity index (χ2v) is 5.96. The number of amides is 1. The zero-order chi connectivity index (χ0) is 16.2. The maximum atomic E-state index is 12.4. The van der Waals surface area contributed by atoms with E-state index in [9.17, 15) is 4.79 Å². The van der Waals surface area contributed by atoms with Crippen molar-refractivity contribution in [2.24, 2.45) is 7.05 Å². The van der Waals surface area contributed by atoms with Gasteiger partial charge in [-0.05, 0) is 37.5 Å². The van der Waals surface area contributed by atoms with Crippen molar-refractivity contribution in [2.75, 3.05) is 0 Å². The second kappa shape index (κ2) is 6.65. The molecule has 23 heavy (non-hydrogen) atoms. The average Bonchev–Trinajstić information content (AvgIpc) is 2.94. The summed E-state index contributed by atoms with van der Waals surface area (Å²) in [6, 6.07) is 14.3. The van der Waals surface area contributed by atoms with E-state index in [1.54, 1.807) is 6.20 Å². The lowest BCUT2D eigenvalue weighted by molar-refractivity contribution is 0.0938. The summed E-state index contributed by atoms with van der Waals surface area (Å²) in [6.07, 6.45) is 5.46. The van der Waals surface area contributed by atoms with Crippen LogP contribution in [0.4, 0.5) is 0 Å². The third-order valence-corrected chi connectivity index (χ3v) is 4.06. The third-order valence-electron chi connectivity index (χ3n) is 4.06. The molecule has 1 atom stereocenters. The molecule has 3 aromatic rings. The molecule has 0 spiro atoms. The van der Waals surface area contributed by atoms with Gasteiger partial charge < -0.3 is 9.88 Å². The fourth-order valence-corrected chi connectivity index (χ4v) is 2.69. The fourth-order valence-electron chi connectivity index (χ4n) is 2.69. The number of nitrogens with zero attached hydrogens (tertiary/aromatic N) is 2. The molecule has 4 heteroatoms. The highest BCUT2D eigenvalue weighted by Gasteiger charge is 2.11. The van der Waals surface area contributed by atoms with E-state index < -0.39 is 0 Å². The topological polar surface area (TPSA) is 46.9 Å². The molecule has 0 radical (unpaired) electrons. The van der Waals surface area contributed by atoms with Crippen LogP contribution in [0.3, 0.4) is 0 Å². The predicted octanol–water partition coefficient (Wildman–Crippen LogP) is 3.32. The Balaban J connectivity index is 1.60. The molecule has 0 aliphatic carbocycles. The molecule has 1 unspecified atom stereocenters. The fraction of sp³-hybridized carbons (Fsp3) is 0.263. The quantitative estimate of drug-likeness (QED) is 0.786. The highest BCUT2D eigenvalue weighted by atomic mass is 16.1. The first-order chi connectivity index (χ1) is 11.1. The maximum absolute atomic E-state index is 12.4. The Hall–Kier alpha value is -2.62. The Morgan fingerprint density at radius 3 is 2.83 bits per heavy atom. The van der Waals surface area contributed by atoms with Crippen LogP contribution in [0.1, 0.15) is 29.3 Å². The highest BCUT2D eigenvalue weighted by molar-refractivity contribution is 5.97. The summed E-state index contributed by atoms with van der Waals surface area (Å²) in [4.78, 5) is 16.7. The molecule has 0 saturated carbocycles. The molecule has 118 valence electrons. The minimum Gasteiger partial charge on any atom is -0.350 e. The summed E-state index contributed by atoms with van der Waals surface area (Å²) < 4.78 is 1.94. The van der Waals surface area contributed by atoms with Crippen molar-refractivity contribution >= 4 is 16.9 Å². The van der Waals surface area contributed by atoms with Gasteiger partial charge in [-0.3, -0.25) is 4.79 Å². The molecule has 1 aromatic carbocycles. The van der Waals surface area contributed by atoms with Crippen molar-refractivity contribution in [3.63, 3.8) is 0 Å². The largest absolute Gasteiger partial charge is 0.350 e. The van der Waals surface area contributed by atoms with Crippen LogP contribution in [0, 0.1) is 0 Å². The Bertz CT molecular complexity index is 808. The number of aromatic nitrogens is 2. The summed E-state index contributed by atoms with van der Waals surface area (Å²) in [7, 11) is 1.95. The number of carbonyl (C=O) groups excluding carboxylic acids is 1. The van der Waals surface area contributed by atoms with E-state index in [1.165, 1.54) is 5.56 Å². The molecule has 0 fully saturated rings. The van der Waals surface area contributed by atoms with Crippen LogP contribution < -0.4 is 5.32 Å². The predicted molar refractivity (Wildman–Crippen MR) is 92.4 cm³/mol. The van der Waals surface area contributed by atoms with E-state index in [0.717, 1.165) is 23.9 Å². The Morgan fingerprint density at radius 1 is 1.26 bits per heavy atom. The molecule has 1 N–H and O–H groups in total. The van der Waals surface area contributed by atoms with Crippen LogP contribution in [-0.2, 0) is 13.5 Å². The van der Waals surface area contributed by atoms with Crippen LogP contribution >= 0.6 is 0 Å². The lowest BCUT2D eigenvalue weighted by Gasteiger charge is -2.14. The molecule has 0 aliphatic heterocycles. The van der Waals surface area contributed by atoms with Crippen LogP contribution in [0.5, 0.6) is 0 Å². The second-order valence-electron chi connectivity index (χ2n) is 5.96. The van der Waals surface area contributed by atoms with E-state index in [0.29, 0.717) is 5.56 Å². The van der Waals surface area contributed by atoms with Crippen molar-refractivity contribution < 1.29 is 4.79 Å². The van der Waals surface area contributed by atoms with Crippen LogP contribution in [0.15, 0.2) is 54.9 Å². The van der Waals surface area contributed by atoms with Crippen molar-refractivity contribution in [3.05, 3.63) is 66.0 Å². The van der Waals surface area contributed by atoms with Gasteiger partial charge in [-0.1, -0.05) is 30.3 Å². The molecule has 1 amide bonds. The highest BCUT2D eigenvalue weighted by Crippen LogP contribution is 2.14. The summed E-state index contributed by atoms with van der Waals surface area (Å²) >= 11 is 0. The molecule has 0 bridgehead atoms. The van der Waals surface area contributed by atoms with E-state index >= 15 is 0 Å². The lowest BCUT2D eigenvalue weighted by atomic mass is 10.1. The summed E-state index contributed by atoms with van der Waals surface area (Å²) in [5, 5.41) is 4.04. The minimum atomic E-state index is -0.0659. The molecule has 0 aliphatic rings. The third kappa shape index (κ3) is 3.59. The normalized spacial score (nSPS) is 12.3. The van der Waals surface area contributed by atoms with Gasteiger partial charge in [0.2, 0.25) is 0 Å². The summed E-state index contributed by atoms with van der Waals surface area (Å²) in [6.45, 7) is 2.04. The lowest BCUT2D eigenvalue weighted by Crippen LogP contribution is -2.32. The number of nitrogens with one attached hydrogen (secondary N) is 1. The van der Waals surface area contributed by atoms with Crippen LogP contribution in [-0.4, -0.2) is 21.5 Å². The van der Waals surface area contributed by atoms with Gasteiger partial charge in [0.15, 0.2) is 0 Å². The maximum Gasteiger partial charge on any atom is 0.253 e. The van der Waals surface area contributed by atoms with Crippen molar-refractivity contribution in [2.45, 2.75) is 25.8 Å². The number of pyridine rings is 1. The van der Waals surface area contributed by atoms with E-state index in [-0.39, 0.29) is 11.9 Å². The first-order valence-corrected chi connectivity index (χ1v) is 7.89. The Labute approximate surface area is 136 Å². The van der Waals surface area contributed by atoms with Crippen molar-refractivity contribution in [3.8, 4) is 0 Å². The van der Waals surface area contributed by atoms with Gasteiger partial charge in [0, 0.05) is 30.9 Å². The average molecular weight is 307 g/mol. The number of benzene rings is 1. The molecular weight excluding hydrogens is 286 g/mol. The Morgan fingerprint density at radius 2 is 2.04 bits per heavy atom. The number of carbonyl (C=O) groups is 1. The first kappa shape index (κ1) is 15.3. The summed E-state index contributed by atoms with van der Waals surface area (Å²) in [5.41, 5.74) is 2.79. The molecule has 3 rings (SSSR count). The first-order valence-electron chi connectivity index (χ1n) is 7.89. The van der Waals surface area contributed by atoms with Crippen LogP contribution in [0.2, 0.25) is 0 Å². The van der Waals surface area contributed by atoms with Gasteiger partial charge >= 0.3 is 0 Å². The van der Waals surface area contributed by atoms with E-state index in [1.807, 2.05) is 55.1 Å². The zero-order valence-corrected chi connectivity index (χ0v) is 13.5. The van der Waals surface area contributed by atoms with Gasteiger partial charge in [0.25, 0.3) is 5.91 Å². The molecule has 4 nitrogen and oxygen atoms in total. The van der Waals surface area contributed by atoms with Gasteiger partial charge in [-0.2, -0.15) is 0 Å². The monoisotopic (exact) mass is 307 g/mol. The molecule has 0 saturated heterocycles. The molecule has 2 heterocycles. The Kier molecular flexibility index (Phi) is 4.42. The van der Waals surface area contributed by atoms with Gasteiger partial charge in [0.05, 0.1) is 5.56 Å². The van der Waals surface area contributed by atoms with Gasteiger partial charge in [-0.25, -0.2) is 4.98 Å². The number of hydrogen-bond acceptors (Lipinski definition) is 2. The van der Waals surface area contributed by atoms with E-state index in [2.05, 4.69) is 22.4 Å². The molecule has 2 aromatic heterocycles. The summed E-state index contributed by atoms with van der Waals surface area (Å²) in [5.74, 6) is -0.0659. The number of fused-ring (bicyclic) bond motifs is 1. The smallest absolute Gasteiger partial charge is 0.253 e. The number of hydrogen-bond donors (Lipinski definition) is 1. The van der Waals surface area contributed by atoms with Crippen molar-refractivity contribution in [1.82, 2.24) is 14.9 Å². The standard InChI is InChI=1S/C19H21N3O/c1-14(8-9-15-6-4-3-5-7-15)21-19(23)17-12-16-10-11-22(2)18(16)20-13-17/h3-7,10-14H,8-9H2,1-2H3,(H,21,23). The molecular formula is C19H21N3O. The van der Waals surface area contributed by atoms with Gasteiger partial charge in [-0.15, -0.1) is 0 Å². The number of rotatable bonds is 5. The SMILES string of the molecule is CC(CCc1ccccc1)NC(=O)c1cnc2c(ccn2C)c1. The minimum absolute atomic E-state index is 0.0659. The van der Waals surface area contributed by atoms with Gasteiger partial charge in [0.1, 0.15) is 5.65 Å². The van der Waals surface area contributed by atoms with Crippen LogP contribution in [0.25, 0.3) is 11.0 Å².